The zero-order valence-electron chi connectivity index (χ0n) is 8.74. The molecule has 0 aromatic rings. The molecule has 2 rings (SSSR count). The lowest BCUT2D eigenvalue weighted by atomic mass is 9.78. The Balaban J connectivity index is 1.95. The van der Waals surface area contributed by atoms with Crippen LogP contribution in [0.3, 0.4) is 0 Å². The van der Waals surface area contributed by atoms with Crippen LogP contribution in [0.15, 0.2) is 0 Å². The highest BCUT2D eigenvalue weighted by Gasteiger charge is 2.34. The van der Waals surface area contributed by atoms with Gasteiger partial charge >= 0.3 is 0 Å². The van der Waals surface area contributed by atoms with E-state index >= 15 is 0 Å². The molecule has 1 amide bonds. The summed E-state index contributed by atoms with van der Waals surface area (Å²) in [4.78, 5) is 14.0. The largest absolute Gasteiger partial charge is 0.342 e. The Morgan fingerprint density at radius 1 is 1.21 bits per heavy atom. The van der Waals surface area contributed by atoms with E-state index in [1.807, 2.05) is 4.90 Å². The van der Waals surface area contributed by atoms with Crippen molar-refractivity contribution in [3.8, 4) is 0 Å². The monoisotopic (exact) mass is 196 g/mol. The van der Waals surface area contributed by atoms with Crippen molar-refractivity contribution in [1.82, 2.24) is 4.90 Å². The third-order valence-electron chi connectivity index (χ3n) is 3.70. The molecule has 1 aliphatic heterocycles. The molecule has 1 saturated heterocycles. The molecule has 0 spiro atoms. The van der Waals surface area contributed by atoms with E-state index in [0.29, 0.717) is 18.4 Å². The van der Waals surface area contributed by atoms with Crippen molar-refractivity contribution < 1.29 is 4.79 Å². The van der Waals surface area contributed by atoms with Crippen molar-refractivity contribution in [1.29, 1.82) is 0 Å². The maximum Gasteiger partial charge on any atom is 0.226 e. The standard InChI is InChI=1S/C11H20N2O/c12-8-9-4-1-2-5-10(9)11(14)13-6-3-7-13/h9-10H,1-8,12H2. The van der Waals surface area contributed by atoms with Gasteiger partial charge < -0.3 is 10.6 Å². The van der Waals surface area contributed by atoms with Crippen LogP contribution in [-0.4, -0.2) is 30.4 Å². The zero-order chi connectivity index (χ0) is 9.97. The number of hydrogen-bond donors (Lipinski definition) is 1. The van der Waals surface area contributed by atoms with Gasteiger partial charge in [0.2, 0.25) is 5.91 Å². The number of nitrogens with zero attached hydrogens (tertiary/aromatic N) is 1. The second kappa shape index (κ2) is 4.30. The summed E-state index contributed by atoms with van der Waals surface area (Å²) < 4.78 is 0. The molecule has 2 atom stereocenters. The summed E-state index contributed by atoms with van der Waals surface area (Å²) >= 11 is 0. The summed E-state index contributed by atoms with van der Waals surface area (Å²) in [6, 6.07) is 0. The first-order valence-electron chi connectivity index (χ1n) is 5.82. The summed E-state index contributed by atoms with van der Waals surface area (Å²) in [5.74, 6) is 1.08. The van der Waals surface area contributed by atoms with Gasteiger partial charge in [0, 0.05) is 19.0 Å². The Kier molecular flexibility index (Phi) is 3.06. The van der Waals surface area contributed by atoms with Gasteiger partial charge in [-0.2, -0.15) is 0 Å². The minimum atomic E-state index is 0.244. The normalized spacial score (nSPS) is 32.5. The minimum absolute atomic E-state index is 0.244. The van der Waals surface area contributed by atoms with Crippen LogP contribution in [0.2, 0.25) is 0 Å². The number of hydrogen-bond acceptors (Lipinski definition) is 2. The van der Waals surface area contributed by atoms with Gasteiger partial charge in [-0.1, -0.05) is 12.8 Å². The summed E-state index contributed by atoms with van der Waals surface area (Å²) in [5.41, 5.74) is 5.72. The van der Waals surface area contributed by atoms with Crippen LogP contribution < -0.4 is 5.73 Å². The lowest BCUT2D eigenvalue weighted by Gasteiger charge is -2.38. The van der Waals surface area contributed by atoms with Crippen LogP contribution in [0, 0.1) is 11.8 Å². The second-order valence-corrected chi connectivity index (χ2v) is 4.57. The molecule has 1 heterocycles. The molecule has 80 valence electrons. The van der Waals surface area contributed by atoms with Gasteiger partial charge in [-0.05, 0) is 31.7 Å². The summed E-state index contributed by atoms with van der Waals surface area (Å²) in [5, 5.41) is 0. The predicted octanol–water partition coefficient (Wildman–Crippen LogP) is 0.984. The van der Waals surface area contributed by atoms with Crippen LogP contribution in [0.25, 0.3) is 0 Å². The van der Waals surface area contributed by atoms with Gasteiger partial charge in [-0.25, -0.2) is 0 Å². The Labute approximate surface area is 85.6 Å². The van der Waals surface area contributed by atoms with Crippen molar-refractivity contribution in [3.63, 3.8) is 0 Å². The number of amides is 1. The molecule has 2 unspecified atom stereocenters. The number of carbonyl (C=O) groups is 1. The summed E-state index contributed by atoms with van der Waals surface area (Å²) in [7, 11) is 0. The quantitative estimate of drug-likeness (QED) is 0.715. The number of nitrogens with two attached hydrogens (primary N) is 1. The van der Waals surface area contributed by atoms with E-state index in [4.69, 9.17) is 5.73 Å². The molecule has 1 saturated carbocycles. The molecule has 3 heteroatoms. The topological polar surface area (TPSA) is 46.3 Å². The van der Waals surface area contributed by atoms with Crippen LogP contribution in [0.1, 0.15) is 32.1 Å². The first-order chi connectivity index (χ1) is 6.83. The second-order valence-electron chi connectivity index (χ2n) is 4.57. The van der Waals surface area contributed by atoms with E-state index in [1.165, 1.54) is 19.3 Å². The van der Waals surface area contributed by atoms with Gasteiger partial charge in [0.25, 0.3) is 0 Å². The predicted molar refractivity (Wildman–Crippen MR) is 55.7 cm³/mol. The van der Waals surface area contributed by atoms with Crippen molar-refractivity contribution in [2.24, 2.45) is 17.6 Å². The third-order valence-corrected chi connectivity index (χ3v) is 3.70. The average Bonchev–Trinajstić information content (AvgIpc) is 2.15. The molecule has 2 aliphatic rings. The highest BCUT2D eigenvalue weighted by molar-refractivity contribution is 5.79. The number of likely N-dealkylation sites (tertiary alicyclic amines) is 1. The molecule has 2 N–H and O–H groups in total. The number of carbonyl (C=O) groups excluding carboxylic acids is 1. The molecule has 0 radical (unpaired) electrons. The SMILES string of the molecule is NCC1CCCCC1C(=O)N1CCC1. The van der Waals surface area contributed by atoms with E-state index in [9.17, 15) is 4.79 Å². The van der Waals surface area contributed by atoms with E-state index in [0.717, 1.165) is 25.9 Å². The van der Waals surface area contributed by atoms with Crippen molar-refractivity contribution in [3.05, 3.63) is 0 Å². The molecule has 0 bridgehead atoms. The van der Waals surface area contributed by atoms with Crippen molar-refractivity contribution >= 4 is 5.91 Å². The van der Waals surface area contributed by atoms with Crippen LogP contribution in [0.5, 0.6) is 0 Å². The van der Waals surface area contributed by atoms with Crippen molar-refractivity contribution in [2.45, 2.75) is 32.1 Å². The Bertz CT molecular complexity index is 213. The fraction of sp³-hybridized carbons (Fsp3) is 0.909. The fourth-order valence-electron chi connectivity index (χ4n) is 2.59. The molecule has 14 heavy (non-hydrogen) atoms. The molecular weight excluding hydrogens is 176 g/mol. The lowest BCUT2D eigenvalue weighted by Crippen LogP contribution is -2.48. The molecule has 3 nitrogen and oxygen atoms in total. The maximum absolute atomic E-state index is 12.0. The average molecular weight is 196 g/mol. The van der Waals surface area contributed by atoms with E-state index in [1.54, 1.807) is 0 Å². The highest BCUT2D eigenvalue weighted by atomic mass is 16.2. The van der Waals surface area contributed by atoms with Crippen LogP contribution >= 0.6 is 0 Å². The molecular formula is C11H20N2O. The van der Waals surface area contributed by atoms with E-state index < -0.39 is 0 Å². The first kappa shape index (κ1) is 9.97. The first-order valence-corrected chi connectivity index (χ1v) is 5.82. The van der Waals surface area contributed by atoms with Crippen molar-refractivity contribution in [2.75, 3.05) is 19.6 Å². The molecule has 0 aromatic heterocycles. The van der Waals surface area contributed by atoms with Gasteiger partial charge in [0.1, 0.15) is 0 Å². The van der Waals surface area contributed by atoms with E-state index in [2.05, 4.69) is 0 Å². The van der Waals surface area contributed by atoms with Gasteiger partial charge in [-0.15, -0.1) is 0 Å². The molecule has 0 aromatic carbocycles. The van der Waals surface area contributed by atoms with Gasteiger partial charge in [-0.3, -0.25) is 4.79 Å². The molecule has 1 aliphatic carbocycles. The summed E-state index contributed by atoms with van der Waals surface area (Å²) in [6.07, 6.45) is 5.87. The van der Waals surface area contributed by atoms with E-state index in [-0.39, 0.29) is 5.92 Å². The van der Waals surface area contributed by atoms with Crippen LogP contribution in [0.4, 0.5) is 0 Å². The molecule has 2 fully saturated rings. The Morgan fingerprint density at radius 2 is 1.93 bits per heavy atom. The zero-order valence-corrected chi connectivity index (χ0v) is 8.74. The number of rotatable bonds is 2. The minimum Gasteiger partial charge on any atom is -0.342 e. The maximum atomic E-state index is 12.0. The lowest BCUT2D eigenvalue weighted by molar-refractivity contribution is -0.142. The third kappa shape index (κ3) is 1.78. The van der Waals surface area contributed by atoms with Gasteiger partial charge in [0.15, 0.2) is 0 Å². The fourth-order valence-corrected chi connectivity index (χ4v) is 2.59. The summed E-state index contributed by atoms with van der Waals surface area (Å²) in [6.45, 7) is 2.64. The highest BCUT2D eigenvalue weighted by Crippen LogP contribution is 2.31. The van der Waals surface area contributed by atoms with Gasteiger partial charge in [0.05, 0.1) is 0 Å². The Hall–Kier alpha value is -0.570. The Morgan fingerprint density at radius 3 is 2.50 bits per heavy atom. The smallest absolute Gasteiger partial charge is 0.226 e. The van der Waals surface area contributed by atoms with Crippen LogP contribution in [-0.2, 0) is 4.79 Å².